The molecule has 0 unspecified atom stereocenters. The minimum absolute atomic E-state index is 0.157. The summed E-state index contributed by atoms with van der Waals surface area (Å²) in [5.74, 6) is 0. The maximum Gasteiger partial charge on any atom is 0.322 e. The van der Waals surface area contributed by atoms with Gasteiger partial charge in [0.25, 0.3) is 0 Å². The SMILES string of the molecule is Cc1ccccc1Cn1cccc1CN(C(=O)Nc1c(Cl)cccc1Cl)C1CCCCC1. The van der Waals surface area contributed by atoms with Crippen LogP contribution in [0.15, 0.2) is 60.8 Å². The number of carbonyl (C=O) groups is 1. The summed E-state index contributed by atoms with van der Waals surface area (Å²) in [6.07, 6.45) is 7.64. The van der Waals surface area contributed by atoms with Crippen LogP contribution in [0.25, 0.3) is 0 Å². The van der Waals surface area contributed by atoms with E-state index in [0.717, 1.165) is 37.9 Å². The van der Waals surface area contributed by atoms with Crippen molar-refractivity contribution in [2.24, 2.45) is 0 Å². The Morgan fingerprint density at radius 2 is 1.72 bits per heavy atom. The zero-order chi connectivity index (χ0) is 22.5. The number of hydrogen-bond acceptors (Lipinski definition) is 1. The molecule has 0 spiro atoms. The fourth-order valence-electron chi connectivity index (χ4n) is 4.45. The summed E-state index contributed by atoms with van der Waals surface area (Å²) in [6, 6.07) is 17.9. The molecule has 4 nitrogen and oxygen atoms in total. The molecule has 2 aromatic carbocycles. The average molecular weight is 470 g/mol. The van der Waals surface area contributed by atoms with Gasteiger partial charge >= 0.3 is 6.03 Å². The van der Waals surface area contributed by atoms with Gasteiger partial charge in [-0.05, 0) is 55.2 Å². The van der Waals surface area contributed by atoms with Crippen molar-refractivity contribution >= 4 is 34.9 Å². The summed E-state index contributed by atoms with van der Waals surface area (Å²) in [5, 5.41) is 3.86. The summed E-state index contributed by atoms with van der Waals surface area (Å²) in [4.78, 5) is 15.4. The predicted octanol–water partition coefficient (Wildman–Crippen LogP) is 7.52. The molecule has 0 bridgehead atoms. The lowest BCUT2D eigenvalue weighted by molar-refractivity contribution is 0.161. The standard InChI is InChI=1S/C26H29Cl2N3O/c1-19-9-5-6-10-20(19)17-30-16-8-13-22(30)18-31(21-11-3-2-4-12-21)26(32)29-25-23(27)14-7-15-24(25)28/h5-10,13-16,21H,2-4,11-12,17-18H2,1H3,(H,29,32). The van der Waals surface area contributed by atoms with Gasteiger partial charge in [0.15, 0.2) is 0 Å². The molecular weight excluding hydrogens is 441 g/mol. The summed E-state index contributed by atoms with van der Waals surface area (Å²) in [5.41, 5.74) is 4.13. The minimum atomic E-state index is -0.157. The highest BCUT2D eigenvalue weighted by Gasteiger charge is 2.27. The monoisotopic (exact) mass is 469 g/mol. The average Bonchev–Trinajstić information content (AvgIpc) is 3.23. The van der Waals surface area contributed by atoms with Crippen molar-refractivity contribution in [1.82, 2.24) is 9.47 Å². The number of para-hydroxylation sites is 1. The van der Waals surface area contributed by atoms with Gasteiger partial charge in [0, 0.05) is 24.5 Å². The number of benzene rings is 2. The van der Waals surface area contributed by atoms with E-state index in [1.54, 1.807) is 18.2 Å². The van der Waals surface area contributed by atoms with E-state index in [1.165, 1.54) is 17.5 Å². The number of anilines is 1. The lowest BCUT2D eigenvalue weighted by Gasteiger charge is -2.35. The van der Waals surface area contributed by atoms with E-state index in [9.17, 15) is 4.79 Å². The van der Waals surface area contributed by atoms with Gasteiger partial charge in [-0.3, -0.25) is 0 Å². The van der Waals surface area contributed by atoms with Gasteiger partial charge in [0.2, 0.25) is 0 Å². The molecule has 0 radical (unpaired) electrons. The third-order valence-corrected chi connectivity index (χ3v) is 6.96. The molecule has 1 aliphatic rings. The number of nitrogens with zero attached hydrogens (tertiary/aromatic N) is 2. The molecule has 3 aromatic rings. The van der Waals surface area contributed by atoms with Gasteiger partial charge in [-0.1, -0.05) is 72.8 Å². The smallest absolute Gasteiger partial charge is 0.322 e. The molecule has 1 aliphatic carbocycles. The third kappa shape index (κ3) is 5.31. The van der Waals surface area contributed by atoms with E-state index in [4.69, 9.17) is 23.2 Å². The number of rotatable bonds is 6. The topological polar surface area (TPSA) is 37.3 Å². The van der Waals surface area contributed by atoms with Crippen LogP contribution in [0.3, 0.4) is 0 Å². The Hall–Kier alpha value is -2.43. The lowest BCUT2D eigenvalue weighted by atomic mass is 9.94. The molecule has 1 saturated carbocycles. The second-order valence-electron chi connectivity index (χ2n) is 8.50. The van der Waals surface area contributed by atoms with Gasteiger partial charge in [0.05, 0.1) is 22.3 Å². The number of nitrogens with one attached hydrogen (secondary N) is 1. The number of aromatic nitrogens is 1. The molecule has 1 heterocycles. The molecule has 32 heavy (non-hydrogen) atoms. The van der Waals surface area contributed by atoms with E-state index in [2.05, 4.69) is 59.4 Å². The predicted molar refractivity (Wildman–Crippen MR) is 133 cm³/mol. The number of amides is 2. The maximum absolute atomic E-state index is 13.5. The highest BCUT2D eigenvalue weighted by molar-refractivity contribution is 6.39. The van der Waals surface area contributed by atoms with Crippen LogP contribution in [0.4, 0.5) is 10.5 Å². The second-order valence-corrected chi connectivity index (χ2v) is 9.31. The molecule has 1 fully saturated rings. The van der Waals surface area contributed by atoms with Crippen LogP contribution in [0, 0.1) is 6.92 Å². The first kappa shape index (κ1) is 22.8. The molecule has 0 saturated heterocycles. The summed E-state index contributed by atoms with van der Waals surface area (Å²) in [7, 11) is 0. The number of aryl methyl sites for hydroxylation is 1. The Bertz CT molecular complexity index is 1050. The van der Waals surface area contributed by atoms with Crippen molar-refractivity contribution in [1.29, 1.82) is 0 Å². The molecule has 1 aromatic heterocycles. The van der Waals surface area contributed by atoms with E-state index < -0.39 is 0 Å². The Morgan fingerprint density at radius 3 is 2.44 bits per heavy atom. The summed E-state index contributed by atoms with van der Waals surface area (Å²) < 4.78 is 2.23. The second kappa shape index (κ2) is 10.5. The van der Waals surface area contributed by atoms with Crippen molar-refractivity contribution in [3.05, 3.63) is 87.7 Å². The van der Waals surface area contributed by atoms with Gasteiger partial charge < -0.3 is 14.8 Å². The van der Waals surface area contributed by atoms with Crippen LogP contribution in [0.1, 0.15) is 48.9 Å². The highest BCUT2D eigenvalue weighted by Crippen LogP contribution is 2.31. The van der Waals surface area contributed by atoms with E-state index in [1.807, 2.05) is 4.90 Å². The Labute approximate surface area is 200 Å². The number of hydrogen-bond donors (Lipinski definition) is 1. The fraction of sp³-hybridized carbons (Fsp3) is 0.346. The van der Waals surface area contributed by atoms with Crippen molar-refractivity contribution in [2.45, 2.75) is 58.2 Å². The molecule has 1 N–H and O–H groups in total. The Balaban J connectivity index is 1.57. The van der Waals surface area contributed by atoms with Crippen LogP contribution in [-0.2, 0) is 13.1 Å². The maximum atomic E-state index is 13.5. The summed E-state index contributed by atoms with van der Waals surface area (Å²) in [6.45, 7) is 3.45. The highest BCUT2D eigenvalue weighted by atomic mass is 35.5. The van der Waals surface area contributed by atoms with Gasteiger partial charge in [-0.25, -0.2) is 4.79 Å². The zero-order valence-corrected chi connectivity index (χ0v) is 19.9. The molecule has 168 valence electrons. The summed E-state index contributed by atoms with van der Waals surface area (Å²) >= 11 is 12.6. The first-order valence-corrected chi connectivity index (χ1v) is 12.0. The zero-order valence-electron chi connectivity index (χ0n) is 18.4. The van der Waals surface area contributed by atoms with Crippen LogP contribution < -0.4 is 5.32 Å². The first-order chi connectivity index (χ1) is 15.5. The molecule has 0 aliphatic heterocycles. The Kier molecular flexibility index (Phi) is 7.44. The van der Waals surface area contributed by atoms with Crippen molar-refractivity contribution in [3.8, 4) is 0 Å². The van der Waals surface area contributed by atoms with E-state index in [-0.39, 0.29) is 12.1 Å². The molecular formula is C26H29Cl2N3O. The number of carbonyl (C=O) groups excluding carboxylic acids is 1. The molecule has 0 atom stereocenters. The number of urea groups is 1. The van der Waals surface area contributed by atoms with Crippen molar-refractivity contribution in [3.63, 3.8) is 0 Å². The van der Waals surface area contributed by atoms with Crippen LogP contribution in [0.2, 0.25) is 10.0 Å². The first-order valence-electron chi connectivity index (χ1n) is 11.2. The third-order valence-electron chi connectivity index (χ3n) is 6.33. The quantitative estimate of drug-likeness (QED) is 0.398. The van der Waals surface area contributed by atoms with Gasteiger partial charge in [0.1, 0.15) is 0 Å². The van der Waals surface area contributed by atoms with Gasteiger partial charge in [-0.2, -0.15) is 0 Å². The van der Waals surface area contributed by atoms with Crippen LogP contribution in [-0.4, -0.2) is 21.5 Å². The number of halogens is 2. The minimum Gasteiger partial charge on any atom is -0.345 e. The van der Waals surface area contributed by atoms with Crippen molar-refractivity contribution in [2.75, 3.05) is 5.32 Å². The van der Waals surface area contributed by atoms with Gasteiger partial charge in [-0.15, -0.1) is 0 Å². The fourth-order valence-corrected chi connectivity index (χ4v) is 4.94. The largest absolute Gasteiger partial charge is 0.345 e. The van der Waals surface area contributed by atoms with Crippen LogP contribution >= 0.6 is 23.2 Å². The molecule has 2 amide bonds. The van der Waals surface area contributed by atoms with Crippen LogP contribution in [0.5, 0.6) is 0 Å². The lowest BCUT2D eigenvalue weighted by Crippen LogP contribution is -2.43. The van der Waals surface area contributed by atoms with E-state index in [0.29, 0.717) is 22.3 Å². The normalized spacial score (nSPS) is 14.3. The van der Waals surface area contributed by atoms with Crippen molar-refractivity contribution < 1.29 is 4.79 Å². The molecule has 4 rings (SSSR count). The Morgan fingerprint density at radius 1 is 1.00 bits per heavy atom. The van der Waals surface area contributed by atoms with E-state index >= 15 is 0 Å². The molecule has 6 heteroatoms.